The molecule has 0 aromatic heterocycles. The van der Waals surface area contributed by atoms with Crippen molar-refractivity contribution in [1.29, 1.82) is 0 Å². The Balaban J connectivity index is 2.27. The molecule has 3 N–H and O–H groups in total. The molecular weight excluding hydrogens is 320 g/mol. The lowest BCUT2D eigenvalue weighted by atomic mass is 10.2. The van der Waals surface area contributed by atoms with E-state index in [1.807, 2.05) is 0 Å². The van der Waals surface area contributed by atoms with E-state index in [0.29, 0.717) is 0 Å². The average Bonchev–Trinajstić information content (AvgIpc) is 2.54. The predicted octanol–water partition coefficient (Wildman–Crippen LogP) is 1.37. The number of hydrogen-bond donors (Lipinski definition) is 2. The van der Waals surface area contributed by atoms with Crippen molar-refractivity contribution >= 4 is 27.6 Å². The summed E-state index contributed by atoms with van der Waals surface area (Å²) >= 11 is 0. The molecule has 2 aromatic rings. The normalized spacial score (nSPS) is 10.8. The number of rotatable bonds is 5. The lowest BCUT2D eigenvalue weighted by Crippen LogP contribution is -2.15. The van der Waals surface area contributed by atoms with Gasteiger partial charge in [-0.05, 0) is 42.5 Å². The van der Waals surface area contributed by atoms with Crippen molar-refractivity contribution in [2.45, 2.75) is 4.90 Å². The van der Waals surface area contributed by atoms with Gasteiger partial charge in [-0.2, -0.15) is 0 Å². The molecule has 2 aromatic carbocycles. The number of carbonyl (C=O) groups excluding carboxylic acids is 2. The van der Waals surface area contributed by atoms with E-state index in [1.165, 1.54) is 55.6 Å². The number of esters is 1. The number of amides is 1. The van der Waals surface area contributed by atoms with Crippen LogP contribution < -0.4 is 10.5 Å². The number of benzene rings is 2. The van der Waals surface area contributed by atoms with Crippen molar-refractivity contribution in [3.8, 4) is 0 Å². The van der Waals surface area contributed by atoms with Crippen LogP contribution in [0.5, 0.6) is 0 Å². The van der Waals surface area contributed by atoms with Crippen LogP contribution in [0.15, 0.2) is 53.4 Å². The molecule has 120 valence electrons. The van der Waals surface area contributed by atoms with Gasteiger partial charge < -0.3 is 10.5 Å². The molecule has 1 amide bonds. The van der Waals surface area contributed by atoms with Gasteiger partial charge in [0, 0.05) is 11.3 Å². The lowest BCUT2D eigenvalue weighted by Gasteiger charge is -2.09. The number of methoxy groups -OCH3 is 1. The molecule has 0 saturated heterocycles. The van der Waals surface area contributed by atoms with Crippen molar-refractivity contribution in [3.05, 3.63) is 59.7 Å². The van der Waals surface area contributed by atoms with Crippen LogP contribution in [0.2, 0.25) is 0 Å². The molecule has 7 nitrogen and oxygen atoms in total. The summed E-state index contributed by atoms with van der Waals surface area (Å²) in [5.41, 5.74) is 5.79. The Morgan fingerprint density at radius 1 is 1.04 bits per heavy atom. The van der Waals surface area contributed by atoms with E-state index >= 15 is 0 Å². The first kappa shape index (κ1) is 16.5. The summed E-state index contributed by atoms with van der Waals surface area (Å²) in [6.07, 6.45) is 0. The molecule has 0 spiro atoms. The highest BCUT2D eigenvalue weighted by molar-refractivity contribution is 7.92. The van der Waals surface area contributed by atoms with Gasteiger partial charge in [-0.25, -0.2) is 13.2 Å². The third kappa shape index (κ3) is 3.86. The number of anilines is 1. The second kappa shape index (κ2) is 6.49. The van der Waals surface area contributed by atoms with Crippen LogP contribution in [0.4, 0.5) is 5.69 Å². The number of carbonyl (C=O) groups is 2. The zero-order valence-electron chi connectivity index (χ0n) is 12.1. The van der Waals surface area contributed by atoms with Crippen LogP contribution in [-0.2, 0) is 14.8 Å². The highest BCUT2D eigenvalue weighted by atomic mass is 32.2. The van der Waals surface area contributed by atoms with Crippen molar-refractivity contribution in [2.75, 3.05) is 11.8 Å². The summed E-state index contributed by atoms with van der Waals surface area (Å²) in [7, 11) is -2.62. The molecule has 0 unspecified atom stereocenters. The fraction of sp³-hybridized carbons (Fsp3) is 0.0667. The van der Waals surface area contributed by atoms with Crippen LogP contribution in [0.25, 0.3) is 0 Å². The quantitative estimate of drug-likeness (QED) is 0.801. The van der Waals surface area contributed by atoms with Gasteiger partial charge in [-0.15, -0.1) is 0 Å². The molecule has 8 heteroatoms. The summed E-state index contributed by atoms with van der Waals surface area (Å²) in [6.45, 7) is 0. The molecule has 2 rings (SSSR count). The Morgan fingerprint density at radius 3 is 2.26 bits per heavy atom. The van der Waals surface area contributed by atoms with Crippen molar-refractivity contribution in [1.82, 2.24) is 0 Å². The largest absolute Gasteiger partial charge is 0.465 e. The number of hydrogen-bond acceptors (Lipinski definition) is 5. The van der Waals surface area contributed by atoms with E-state index in [2.05, 4.69) is 9.46 Å². The molecule has 0 fully saturated rings. The van der Waals surface area contributed by atoms with Crippen LogP contribution in [0.3, 0.4) is 0 Å². The maximum atomic E-state index is 12.3. The number of nitrogens with one attached hydrogen (secondary N) is 1. The molecule has 0 aliphatic carbocycles. The molecule has 0 aliphatic rings. The molecule has 0 aliphatic heterocycles. The number of ether oxygens (including phenoxy) is 1. The van der Waals surface area contributed by atoms with Gasteiger partial charge in [0.05, 0.1) is 17.6 Å². The maximum Gasteiger partial charge on any atom is 0.337 e. The molecule has 0 atom stereocenters. The molecule has 0 bridgehead atoms. The number of nitrogens with two attached hydrogens (primary N) is 1. The van der Waals surface area contributed by atoms with Crippen LogP contribution in [0, 0.1) is 0 Å². The number of primary amides is 1. The Hall–Kier alpha value is -2.87. The molecule has 0 saturated carbocycles. The predicted molar refractivity (Wildman–Crippen MR) is 83.5 cm³/mol. The molecule has 0 radical (unpaired) electrons. The first-order valence-corrected chi connectivity index (χ1v) is 7.93. The van der Waals surface area contributed by atoms with Crippen LogP contribution >= 0.6 is 0 Å². The first-order chi connectivity index (χ1) is 10.8. The van der Waals surface area contributed by atoms with E-state index in [-0.39, 0.29) is 21.7 Å². The summed E-state index contributed by atoms with van der Waals surface area (Å²) in [5, 5.41) is 0. The average molecular weight is 334 g/mol. The molecular formula is C15H14N2O5S. The van der Waals surface area contributed by atoms with Gasteiger partial charge in [-0.3, -0.25) is 9.52 Å². The fourth-order valence-electron chi connectivity index (χ4n) is 1.84. The minimum Gasteiger partial charge on any atom is -0.465 e. The number of sulfonamides is 1. The van der Waals surface area contributed by atoms with Gasteiger partial charge in [0.15, 0.2) is 0 Å². The second-order valence-electron chi connectivity index (χ2n) is 4.57. The van der Waals surface area contributed by atoms with Crippen molar-refractivity contribution in [2.24, 2.45) is 5.73 Å². The summed E-state index contributed by atoms with van der Waals surface area (Å²) in [6, 6.07) is 11.1. The molecule has 0 heterocycles. The third-order valence-corrected chi connectivity index (χ3v) is 4.38. The van der Waals surface area contributed by atoms with Gasteiger partial charge in [-0.1, -0.05) is 6.07 Å². The molecule has 23 heavy (non-hydrogen) atoms. The summed E-state index contributed by atoms with van der Waals surface area (Å²) < 4.78 is 31.5. The maximum absolute atomic E-state index is 12.3. The topological polar surface area (TPSA) is 116 Å². The first-order valence-electron chi connectivity index (χ1n) is 6.44. The van der Waals surface area contributed by atoms with Crippen molar-refractivity contribution < 1.29 is 22.7 Å². The summed E-state index contributed by atoms with van der Waals surface area (Å²) in [5.74, 6) is -1.22. The third-order valence-electron chi connectivity index (χ3n) is 2.99. The van der Waals surface area contributed by atoms with Crippen molar-refractivity contribution in [3.63, 3.8) is 0 Å². The second-order valence-corrected chi connectivity index (χ2v) is 6.25. The minimum atomic E-state index is -3.86. The Morgan fingerprint density at radius 2 is 1.70 bits per heavy atom. The highest BCUT2D eigenvalue weighted by Gasteiger charge is 2.16. The fourth-order valence-corrected chi connectivity index (χ4v) is 2.89. The summed E-state index contributed by atoms with van der Waals surface area (Å²) in [4.78, 5) is 22.4. The monoisotopic (exact) mass is 334 g/mol. The highest BCUT2D eigenvalue weighted by Crippen LogP contribution is 2.18. The van der Waals surface area contributed by atoms with E-state index in [1.54, 1.807) is 0 Å². The minimum absolute atomic E-state index is 0.0327. The Kier molecular flexibility index (Phi) is 4.65. The zero-order valence-corrected chi connectivity index (χ0v) is 13.0. The van der Waals surface area contributed by atoms with Gasteiger partial charge in [0.25, 0.3) is 10.0 Å². The lowest BCUT2D eigenvalue weighted by molar-refractivity contribution is 0.0600. The SMILES string of the molecule is COC(=O)c1ccc(S(=O)(=O)Nc2cccc(C(N)=O)c2)cc1. The van der Waals surface area contributed by atoms with E-state index in [4.69, 9.17) is 5.73 Å². The van der Waals surface area contributed by atoms with Gasteiger partial charge in [0.1, 0.15) is 0 Å². The van der Waals surface area contributed by atoms with Gasteiger partial charge in [0.2, 0.25) is 5.91 Å². The van der Waals surface area contributed by atoms with E-state index in [9.17, 15) is 18.0 Å². The van der Waals surface area contributed by atoms with Crippen LogP contribution in [0.1, 0.15) is 20.7 Å². The van der Waals surface area contributed by atoms with E-state index < -0.39 is 21.9 Å². The smallest absolute Gasteiger partial charge is 0.337 e. The Bertz CT molecular complexity index is 844. The van der Waals surface area contributed by atoms with Crippen LogP contribution in [-0.4, -0.2) is 27.4 Å². The van der Waals surface area contributed by atoms with E-state index in [0.717, 1.165) is 0 Å². The Labute approximate surface area is 133 Å². The zero-order chi connectivity index (χ0) is 17.0. The van der Waals surface area contributed by atoms with Gasteiger partial charge >= 0.3 is 5.97 Å². The standard InChI is InChI=1S/C15H14N2O5S/c1-22-15(19)10-5-7-13(8-6-10)23(20,21)17-12-4-2-3-11(9-12)14(16)18/h2-9,17H,1H3,(H2,16,18).